The first-order valence-corrected chi connectivity index (χ1v) is 18.0. The summed E-state index contributed by atoms with van der Waals surface area (Å²) in [5.41, 5.74) is -0.601. The van der Waals surface area contributed by atoms with Crippen LogP contribution in [0.3, 0.4) is 0 Å². The Kier molecular flexibility index (Phi) is 26.2. The Hall–Kier alpha value is -1.21. The Morgan fingerprint density at radius 2 is 1.25 bits per heavy atom. The van der Waals surface area contributed by atoms with Crippen molar-refractivity contribution in [2.75, 3.05) is 51.0 Å². The van der Waals surface area contributed by atoms with Gasteiger partial charge in [-0.15, -0.1) is 0 Å². The van der Waals surface area contributed by atoms with E-state index in [1.54, 1.807) is 23.0 Å². The molecule has 16 heteroatoms. The molecule has 0 spiro atoms. The van der Waals surface area contributed by atoms with Crippen LogP contribution in [0.1, 0.15) is 91.9 Å². The van der Waals surface area contributed by atoms with E-state index < -0.39 is 12.2 Å². The van der Waals surface area contributed by atoms with E-state index in [1.807, 2.05) is 27.7 Å². The molecule has 0 radical (unpaired) electrons. The fraction of sp³-hybridized carbons (Fsp3) is 0.857. The minimum Gasteiger partial charge on any atom is -0.378 e. The summed E-state index contributed by atoms with van der Waals surface area (Å²) in [5, 5.41) is 19.3. The van der Waals surface area contributed by atoms with Gasteiger partial charge in [-0.1, -0.05) is 62.6 Å². The standard InChI is InChI=1S/C28H53IN4O9S2/c1-5-28(4,14-10-8-12-15-30-23(34)42-38)33-26(37)44-22-20-40-18-17-39-19-21-43-25(36)31-16-11-7-6-9-13-27(2,3)32-24(35)41-29/h38H,5-22H2,1-4H3,(H,30,34)(H,31,36)(H,32,35)(H,33,37). The predicted molar refractivity (Wildman–Crippen MR) is 184 cm³/mol. The van der Waals surface area contributed by atoms with Crippen molar-refractivity contribution >= 4 is 69.2 Å². The largest absolute Gasteiger partial charge is 0.438 e. The van der Waals surface area contributed by atoms with E-state index in [1.165, 1.54) is 23.5 Å². The number of thioether (sulfide) groups is 2. The molecule has 258 valence electrons. The Morgan fingerprint density at radius 1 is 0.705 bits per heavy atom. The molecule has 0 heterocycles. The van der Waals surface area contributed by atoms with Crippen LogP contribution in [0.2, 0.25) is 0 Å². The summed E-state index contributed by atoms with van der Waals surface area (Å²) in [6.45, 7) is 10.8. The van der Waals surface area contributed by atoms with Gasteiger partial charge in [0.2, 0.25) is 0 Å². The third-order valence-electron chi connectivity index (χ3n) is 6.74. The monoisotopic (exact) mass is 780 g/mol. The molecular formula is C28H53IN4O9S2. The third kappa shape index (κ3) is 26.1. The summed E-state index contributed by atoms with van der Waals surface area (Å²) in [7, 11) is 0. The van der Waals surface area contributed by atoms with Gasteiger partial charge in [0, 0.05) is 35.7 Å². The maximum atomic E-state index is 12.4. The van der Waals surface area contributed by atoms with Gasteiger partial charge in [0.15, 0.2) is 23.0 Å². The first-order chi connectivity index (χ1) is 21.0. The zero-order valence-electron chi connectivity index (χ0n) is 26.6. The van der Waals surface area contributed by atoms with Crippen molar-refractivity contribution in [2.45, 2.75) is 103 Å². The summed E-state index contributed by atoms with van der Waals surface area (Å²) in [6, 6.07) is 0. The van der Waals surface area contributed by atoms with Crippen molar-refractivity contribution in [3.05, 3.63) is 0 Å². The van der Waals surface area contributed by atoms with Gasteiger partial charge in [-0.2, -0.15) is 5.26 Å². The van der Waals surface area contributed by atoms with Gasteiger partial charge in [0.1, 0.15) is 0 Å². The van der Waals surface area contributed by atoms with Crippen molar-refractivity contribution in [2.24, 2.45) is 0 Å². The number of amides is 4. The molecule has 0 bridgehead atoms. The van der Waals surface area contributed by atoms with Crippen LogP contribution in [-0.2, 0) is 17.4 Å². The minimum absolute atomic E-state index is 0.0539. The molecule has 0 saturated carbocycles. The molecule has 0 rings (SSSR count). The second kappa shape index (κ2) is 27.0. The fourth-order valence-electron chi connectivity index (χ4n) is 4.00. The smallest absolute Gasteiger partial charge is 0.378 e. The second-order valence-electron chi connectivity index (χ2n) is 11.1. The number of nitrogens with one attached hydrogen (secondary N) is 4. The van der Waals surface area contributed by atoms with Gasteiger partial charge in [0.25, 0.3) is 10.5 Å². The number of halogens is 1. The molecule has 5 N–H and O–H groups in total. The van der Waals surface area contributed by atoms with Crippen molar-refractivity contribution in [3.8, 4) is 0 Å². The summed E-state index contributed by atoms with van der Waals surface area (Å²) >= 11 is 3.97. The molecule has 0 aliphatic heterocycles. The van der Waals surface area contributed by atoms with E-state index in [0.717, 1.165) is 64.2 Å². The van der Waals surface area contributed by atoms with E-state index in [4.69, 9.17) is 14.7 Å². The van der Waals surface area contributed by atoms with E-state index in [0.29, 0.717) is 51.0 Å². The average Bonchev–Trinajstić information content (AvgIpc) is 2.98. The van der Waals surface area contributed by atoms with E-state index >= 15 is 0 Å². The first-order valence-electron chi connectivity index (χ1n) is 15.2. The Balaban J connectivity index is 3.65. The van der Waals surface area contributed by atoms with Crippen molar-refractivity contribution in [1.82, 2.24) is 21.3 Å². The van der Waals surface area contributed by atoms with E-state index in [-0.39, 0.29) is 21.6 Å². The third-order valence-corrected chi connectivity index (χ3v) is 8.66. The Bertz CT molecular complexity index is 815. The predicted octanol–water partition coefficient (Wildman–Crippen LogP) is 6.64. The van der Waals surface area contributed by atoms with Crippen LogP contribution in [-0.4, -0.2) is 90.0 Å². The lowest BCUT2D eigenvalue weighted by Gasteiger charge is -2.29. The maximum Gasteiger partial charge on any atom is 0.438 e. The molecule has 0 aromatic rings. The van der Waals surface area contributed by atoms with Gasteiger partial charge in [-0.3, -0.25) is 14.5 Å². The highest BCUT2D eigenvalue weighted by Crippen LogP contribution is 2.20. The number of carbonyl (C=O) groups is 4. The van der Waals surface area contributed by atoms with Crippen LogP contribution in [0.15, 0.2) is 0 Å². The minimum atomic E-state index is -0.857. The summed E-state index contributed by atoms with van der Waals surface area (Å²) in [5.74, 6) is 1.10. The topological polar surface area (TPSA) is 174 Å². The van der Waals surface area contributed by atoms with Crippen LogP contribution < -0.4 is 21.3 Å². The fourth-order valence-corrected chi connectivity index (χ4v) is 5.41. The molecule has 1 atom stereocenters. The molecule has 0 aromatic carbocycles. The van der Waals surface area contributed by atoms with Gasteiger partial charge in [0.05, 0.1) is 26.4 Å². The SMILES string of the molecule is CCC(C)(CCCCCNC(=O)OO)NC(=O)SCCOCCOCCSC(=O)NCCCCCCC(C)(C)NC(=O)OI. The number of ether oxygens (including phenoxy) is 2. The normalized spacial score (nSPS) is 12.6. The second-order valence-corrected chi connectivity index (χ2v) is 13.7. The van der Waals surface area contributed by atoms with E-state index in [2.05, 4.69) is 29.2 Å². The zero-order valence-corrected chi connectivity index (χ0v) is 30.4. The summed E-state index contributed by atoms with van der Waals surface area (Å²) in [6.07, 6.45) is 7.69. The van der Waals surface area contributed by atoms with Crippen LogP contribution in [0, 0.1) is 0 Å². The van der Waals surface area contributed by atoms with E-state index in [9.17, 15) is 19.2 Å². The lowest BCUT2D eigenvalue weighted by molar-refractivity contribution is -0.177. The lowest BCUT2D eigenvalue weighted by Crippen LogP contribution is -2.44. The highest BCUT2D eigenvalue weighted by molar-refractivity contribution is 14.1. The van der Waals surface area contributed by atoms with Crippen LogP contribution in [0.25, 0.3) is 0 Å². The number of unbranched alkanes of at least 4 members (excludes halogenated alkanes) is 5. The molecule has 4 amide bonds. The molecule has 0 aromatic heterocycles. The number of hydrogen-bond donors (Lipinski definition) is 5. The number of hydrogen-bond acceptors (Lipinski definition) is 11. The number of carbonyl (C=O) groups excluding carboxylic acids is 4. The molecule has 1 unspecified atom stereocenters. The van der Waals surface area contributed by atoms with Gasteiger partial charge in [-0.05, 0) is 52.9 Å². The number of rotatable bonds is 25. The van der Waals surface area contributed by atoms with Crippen molar-refractivity contribution in [1.29, 1.82) is 0 Å². The molecule has 0 fully saturated rings. The van der Waals surface area contributed by atoms with Crippen LogP contribution in [0.4, 0.5) is 19.2 Å². The maximum absolute atomic E-state index is 12.4. The summed E-state index contributed by atoms with van der Waals surface area (Å²) in [4.78, 5) is 50.0. The molecule has 13 nitrogen and oxygen atoms in total. The zero-order chi connectivity index (χ0) is 33.1. The lowest BCUT2D eigenvalue weighted by atomic mass is 9.92. The van der Waals surface area contributed by atoms with Gasteiger partial charge >= 0.3 is 12.2 Å². The highest BCUT2D eigenvalue weighted by Gasteiger charge is 2.24. The van der Waals surface area contributed by atoms with Crippen molar-refractivity contribution in [3.63, 3.8) is 0 Å². The van der Waals surface area contributed by atoms with Crippen LogP contribution in [0.5, 0.6) is 0 Å². The quantitative estimate of drug-likeness (QED) is 0.0291. The molecule has 0 aliphatic rings. The first kappa shape index (κ1) is 42.8. The molecule has 44 heavy (non-hydrogen) atoms. The van der Waals surface area contributed by atoms with Gasteiger partial charge < -0.3 is 33.8 Å². The Labute approximate surface area is 285 Å². The molecule has 0 aliphatic carbocycles. The van der Waals surface area contributed by atoms with Crippen molar-refractivity contribution < 1.29 is 41.9 Å². The molecular weight excluding hydrogens is 727 g/mol. The summed E-state index contributed by atoms with van der Waals surface area (Å²) < 4.78 is 15.7. The van der Waals surface area contributed by atoms with Gasteiger partial charge in [-0.25, -0.2) is 9.59 Å². The molecule has 0 saturated heterocycles. The highest BCUT2D eigenvalue weighted by atomic mass is 127. The average molecular weight is 781 g/mol. The Morgan fingerprint density at radius 3 is 1.84 bits per heavy atom. The van der Waals surface area contributed by atoms with Crippen LogP contribution >= 0.6 is 46.5 Å².